The minimum absolute atomic E-state index is 0.163. The Morgan fingerprint density at radius 1 is 1.16 bits per heavy atom. The smallest absolute Gasteiger partial charge is 0.420 e. The number of benzene rings is 2. The highest BCUT2D eigenvalue weighted by Crippen LogP contribution is 2.45. The van der Waals surface area contributed by atoms with E-state index in [9.17, 15) is 18.3 Å². The number of hydrogen-bond donors (Lipinski definition) is 1. The van der Waals surface area contributed by atoms with E-state index in [0.717, 1.165) is 29.8 Å². The van der Waals surface area contributed by atoms with Gasteiger partial charge >= 0.3 is 6.18 Å². The molecule has 1 fully saturated rings. The molecule has 1 saturated carbocycles. The van der Waals surface area contributed by atoms with Crippen molar-refractivity contribution in [3.63, 3.8) is 0 Å². The Hall–Kier alpha value is -2.63. The van der Waals surface area contributed by atoms with Crippen molar-refractivity contribution in [1.29, 1.82) is 0 Å². The van der Waals surface area contributed by atoms with Crippen LogP contribution in [0.1, 0.15) is 35.4 Å². The number of halogens is 3. The van der Waals surface area contributed by atoms with Gasteiger partial charge in [-0.15, -0.1) is 0 Å². The maximum absolute atomic E-state index is 13.3. The quantitative estimate of drug-likeness (QED) is 0.593. The first kappa shape index (κ1) is 15.9. The number of ether oxygens (including phenoxy) is 1. The molecule has 1 aliphatic carbocycles. The van der Waals surface area contributed by atoms with Gasteiger partial charge in [0.25, 0.3) is 0 Å². The molecule has 129 valence electrons. The van der Waals surface area contributed by atoms with Crippen LogP contribution < -0.4 is 4.74 Å². The Bertz CT molecular complexity index is 955. The normalized spacial score (nSPS) is 14.9. The van der Waals surface area contributed by atoms with Gasteiger partial charge in [-0.2, -0.15) is 13.2 Å². The first-order chi connectivity index (χ1) is 11.8. The molecule has 0 saturated heterocycles. The number of H-pyrrole nitrogens is 1. The molecule has 1 aromatic heterocycles. The molecule has 4 rings (SSSR count). The van der Waals surface area contributed by atoms with Gasteiger partial charge < -0.3 is 9.72 Å². The van der Waals surface area contributed by atoms with Crippen molar-refractivity contribution in [3.05, 3.63) is 53.2 Å². The van der Waals surface area contributed by atoms with Crippen LogP contribution in [0.25, 0.3) is 10.9 Å². The fourth-order valence-electron chi connectivity index (χ4n) is 3.12. The van der Waals surface area contributed by atoms with Crippen molar-refractivity contribution in [2.75, 3.05) is 0 Å². The minimum Gasteiger partial charge on any atom is -0.456 e. The SMILES string of the molecule is Cc1cc([O])cc(C(F)(F)F)c1Oc1ccc2[nH]cc(C3CC3)c2c1. The molecular weight excluding hydrogens is 331 g/mol. The van der Waals surface area contributed by atoms with Gasteiger partial charge in [0.05, 0.1) is 0 Å². The fourth-order valence-corrected chi connectivity index (χ4v) is 3.12. The number of nitrogens with one attached hydrogen (secondary N) is 1. The van der Waals surface area contributed by atoms with Crippen LogP contribution in [-0.2, 0) is 11.3 Å². The largest absolute Gasteiger partial charge is 0.456 e. The third-order valence-electron chi connectivity index (χ3n) is 4.48. The van der Waals surface area contributed by atoms with Gasteiger partial charge in [0, 0.05) is 23.2 Å². The van der Waals surface area contributed by atoms with Crippen LogP contribution >= 0.6 is 0 Å². The molecule has 1 aliphatic rings. The molecule has 0 unspecified atom stereocenters. The first-order valence-corrected chi connectivity index (χ1v) is 8.00. The zero-order valence-electron chi connectivity index (χ0n) is 13.4. The number of aromatic nitrogens is 1. The summed E-state index contributed by atoms with van der Waals surface area (Å²) in [6.45, 7) is 1.44. The molecule has 0 spiro atoms. The van der Waals surface area contributed by atoms with Crippen LogP contribution in [-0.4, -0.2) is 4.98 Å². The number of alkyl halides is 3. The fraction of sp³-hybridized carbons (Fsp3) is 0.263. The number of rotatable bonds is 3. The van der Waals surface area contributed by atoms with Gasteiger partial charge in [-0.25, -0.2) is 0 Å². The molecule has 0 amide bonds. The molecule has 1 N–H and O–H groups in total. The highest BCUT2D eigenvalue weighted by Gasteiger charge is 2.36. The highest BCUT2D eigenvalue weighted by atomic mass is 19.4. The Morgan fingerprint density at radius 3 is 2.60 bits per heavy atom. The predicted molar refractivity (Wildman–Crippen MR) is 86.7 cm³/mol. The molecule has 6 heteroatoms. The van der Waals surface area contributed by atoms with E-state index in [1.54, 1.807) is 18.2 Å². The second-order valence-electron chi connectivity index (χ2n) is 6.44. The molecule has 0 bridgehead atoms. The van der Waals surface area contributed by atoms with Crippen LogP contribution in [0, 0.1) is 6.92 Å². The third-order valence-corrected chi connectivity index (χ3v) is 4.48. The average molecular weight is 346 g/mol. The maximum atomic E-state index is 13.3. The summed E-state index contributed by atoms with van der Waals surface area (Å²) in [7, 11) is 0. The second-order valence-corrected chi connectivity index (χ2v) is 6.44. The monoisotopic (exact) mass is 346 g/mol. The van der Waals surface area contributed by atoms with E-state index in [-0.39, 0.29) is 11.3 Å². The summed E-state index contributed by atoms with van der Waals surface area (Å²) in [5, 5.41) is 12.4. The topological polar surface area (TPSA) is 44.9 Å². The van der Waals surface area contributed by atoms with E-state index in [1.807, 2.05) is 6.20 Å². The number of fused-ring (bicyclic) bond motifs is 1. The maximum Gasteiger partial charge on any atom is 0.420 e. The molecule has 0 aliphatic heterocycles. The van der Waals surface area contributed by atoms with Crippen LogP contribution in [0.3, 0.4) is 0 Å². The lowest BCUT2D eigenvalue weighted by atomic mass is 10.1. The Kier molecular flexibility index (Phi) is 3.45. The molecule has 0 atom stereocenters. The highest BCUT2D eigenvalue weighted by molar-refractivity contribution is 5.85. The summed E-state index contributed by atoms with van der Waals surface area (Å²) >= 11 is 0. The number of hydrogen-bond acceptors (Lipinski definition) is 1. The van der Waals surface area contributed by atoms with Gasteiger partial charge in [0.1, 0.15) is 17.1 Å². The molecule has 3 nitrogen and oxygen atoms in total. The van der Waals surface area contributed by atoms with Crippen LogP contribution in [0.2, 0.25) is 0 Å². The summed E-state index contributed by atoms with van der Waals surface area (Å²) in [5.41, 5.74) is 1.21. The van der Waals surface area contributed by atoms with Crippen molar-refractivity contribution in [3.8, 4) is 17.2 Å². The molecule has 3 aromatic rings. The number of aromatic amines is 1. The van der Waals surface area contributed by atoms with Crippen molar-refractivity contribution in [1.82, 2.24) is 4.98 Å². The molecule has 1 heterocycles. The van der Waals surface area contributed by atoms with E-state index in [4.69, 9.17) is 4.74 Å². The van der Waals surface area contributed by atoms with E-state index in [0.29, 0.717) is 17.7 Å². The van der Waals surface area contributed by atoms with Crippen LogP contribution in [0.5, 0.6) is 17.2 Å². The summed E-state index contributed by atoms with van der Waals surface area (Å²) in [5.74, 6) is -0.179. The van der Waals surface area contributed by atoms with Gasteiger partial charge in [-0.05, 0) is 61.1 Å². The van der Waals surface area contributed by atoms with Crippen molar-refractivity contribution >= 4 is 10.9 Å². The lowest BCUT2D eigenvalue weighted by Crippen LogP contribution is -2.08. The van der Waals surface area contributed by atoms with Crippen molar-refractivity contribution < 1.29 is 23.0 Å². The Labute approximate surface area is 142 Å². The van der Waals surface area contributed by atoms with E-state index >= 15 is 0 Å². The lowest BCUT2D eigenvalue weighted by molar-refractivity contribution is -0.138. The average Bonchev–Trinajstić information content (AvgIpc) is 3.28. The van der Waals surface area contributed by atoms with Gasteiger partial charge in [0.15, 0.2) is 5.75 Å². The molecule has 1 radical (unpaired) electrons. The summed E-state index contributed by atoms with van der Waals surface area (Å²) in [6, 6.07) is 6.90. The lowest BCUT2D eigenvalue weighted by Gasteiger charge is -2.16. The summed E-state index contributed by atoms with van der Waals surface area (Å²) < 4.78 is 45.4. The van der Waals surface area contributed by atoms with Gasteiger partial charge in [0.2, 0.25) is 0 Å². The van der Waals surface area contributed by atoms with Crippen molar-refractivity contribution in [2.45, 2.75) is 31.9 Å². The molecular formula is C19H15F3NO2. The second kappa shape index (κ2) is 5.44. The van der Waals surface area contributed by atoms with Crippen molar-refractivity contribution in [2.24, 2.45) is 0 Å². The third kappa shape index (κ3) is 2.92. The van der Waals surface area contributed by atoms with E-state index < -0.39 is 17.5 Å². The predicted octanol–water partition coefficient (Wildman–Crippen LogP) is 6.31. The van der Waals surface area contributed by atoms with Gasteiger partial charge in [-0.3, -0.25) is 5.11 Å². The minimum atomic E-state index is -4.65. The Balaban J connectivity index is 1.77. The summed E-state index contributed by atoms with van der Waals surface area (Å²) in [6.07, 6.45) is -0.455. The summed E-state index contributed by atoms with van der Waals surface area (Å²) in [4.78, 5) is 3.18. The van der Waals surface area contributed by atoms with Crippen LogP contribution in [0.4, 0.5) is 13.2 Å². The zero-order chi connectivity index (χ0) is 17.8. The van der Waals surface area contributed by atoms with E-state index in [1.165, 1.54) is 12.5 Å². The Morgan fingerprint density at radius 2 is 1.92 bits per heavy atom. The molecule has 2 aromatic carbocycles. The van der Waals surface area contributed by atoms with E-state index in [2.05, 4.69) is 4.98 Å². The van der Waals surface area contributed by atoms with Gasteiger partial charge in [-0.1, -0.05) is 0 Å². The van der Waals surface area contributed by atoms with Crippen LogP contribution in [0.15, 0.2) is 36.5 Å². The molecule has 25 heavy (non-hydrogen) atoms. The standard InChI is InChI=1S/C19H15F3NO2/c1-10-6-12(24)7-16(19(20,21)22)18(10)25-13-4-5-17-14(8-13)15(9-23-17)11-2-3-11/h4-9,11,23H,2-3H2,1H3. The first-order valence-electron chi connectivity index (χ1n) is 8.00. The zero-order valence-corrected chi connectivity index (χ0v) is 13.4. The number of aryl methyl sites for hydroxylation is 1.